The summed E-state index contributed by atoms with van der Waals surface area (Å²) in [6, 6.07) is -0.616. The zero-order chi connectivity index (χ0) is 37.8. The van der Waals surface area contributed by atoms with Crippen LogP contribution in [0, 0.1) is 0 Å². The van der Waals surface area contributed by atoms with Crippen molar-refractivity contribution in [1.82, 2.24) is 5.32 Å². The van der Waals surface area contributed by atoms with Gasteiger partial charge in [0.05, 0.1) is 18.8 Å². The molecule has 0 saturated heterocycles. The minimum Gasteiger partial charge on any atom is -0.394 e. The monoisotopic (exact) mass is 734 g/mol. The van der Waals surface area contributed by atoms with Gasteiger partial charge >= 0.3 is 0 Å². The summed E-state index contributed by atoms with van der Waals surface area (Å²) in [5.41, 5.74) is 0. The van der Waals surface area contributed by atoms with E-state index in [1.165, 1.54) is 225 Å². The molecule has 52 heavy (non-hydrogen) atoms. The standard InChI is InChI=1S/C48H95NO3/c1-3-5-7-9-11-13-15-17-19-21-22-23-24-25-26-27-28-30-32-34-36-38-40-42-44-48(52)49-46(45-50)47(51)43-41-39-37-35-33-31-29-20-18-16-14-12-10-8-6-4-2/h41,43,46-47,50-51H,3-40,42,44-45H2,1-2H3,(H,49,52)/b43-41+/t46-,47+/m0/s1. The van der Waals surface area contributed by atoms with Gasteiger partial charge in [-0.25, -0.2) is 0 Å². The molecule has 0 bridgehead atoms. The van der Waals surface area contributed by atoms with E-state index in [-0.39, 0.29) is 12.5 Å². The molecule has 1 amide bonds. The Balaban J connectivity index is 3.47. The van der Waals surface area contributed by atoms with Gasteiger partial charge in [0.25, 0.3) is 0 Å². The molecular weight excluding hydrogens is 639 g/mol. The van der Waals surface area contributed by atoms with E-state index in [1.54, 1.807) is 6.08 Å². The van der Waals surface area contributed by atoms with Crippen LogP contribution in [0.15, 0.2) is 12.2 Å². The second-order valence-electron chi connectivity index (χ2n) is 16.5. The van der Waals surface area contributed by atoms with Gasteiger partial charge in [0.2, 0.25) is 5.91 Å². The van der Waals surface area contributed by atoms with Gasteiger partial charge in [-0.1, -0.05) is 257 Å². The smallest absolute Gasteiger partial charge is 0.220 e. The molecule has 0 aromatic heterocycles. The molecule has 4 heteroatoms. The van der Waals surface area contributed by atoms with E-state index in [0.717, 1.165) is 25.7 Å². The highest BCUT2D eigenvalue weighted by atomic mass is 16.3. The first-order valence-corrected chi connectivity index (χ1v) is 23.9. The summed E-state index contributed by atoms with van der Waals surface area (Å²) in [5, 5.41) is 23.1. The molecule has 0 saturated carbocycles. The molecule has 0 aromatic rings. The maximum Gasteiger partial charge on any atom is 0.220 e. The number of allylic oxidation sites excluding steroid dienone is 1. The van der Waals surface area contributed by atoms with Gasteiger partial charge in [-0.2, -0.15) is 0 Å². The maximum absolute atomic E-state index is 12.4. The first kappa shape index (κ1) is 51.1. The average Bonchev–Trinajstić information content (AvgIpc) is 3.15. The second-order valence-corrected chi connectivity index (χ2v) is 16.5. The molecule has 3 N–H and O–H groups in total. The number of hydrogen-bond donors (Lipinski definition) is 3. The van der Waals surface area contributed by atoms with Crippen LogP contribution in [0.4, 0.5) is 0 Å². The van der Waals surface area contributed by atoms with Crippen molar-refractivity contribution in [3.63, 3.8) is 0 Å². The Morgan fingerprint density at radius 1 is 0.442 bits per heavy atom. The quantitative estimate of drug-likeness (QED) is 0.0431. The minimum absolute atomic E-state index is 0.0581. The Bertz CT molecular complexity index is 710. The Morgan fingerprint density at radius 3 is 1.00 bits per heavy atom. The summed E-state index contributed by atoms with van der Waals surface area (Å²) < 4.78 is 0. The van der Waals surface area contributed by atoms with Crippen molar-refractivity contribution in [3.05, 3.63) is 12.2 Å². The van der Waals surface area contributed by atoms with Crippen LogP contribution in [0.2, 0.25) is 0 Å². The molecule has 0 aromatic carbocycles. The fourth-order valence-electron chi connectivity index (χ4n) is 7.59. The summed E-state index contributed by atoms with van der Waals surface area (Å²) in [6.45, 7) is 4.34. The molecule has 0 radical (unpaired) electrons. The van der Waals surface area contributed by atoms with Gasteiger partial charge < -0.3 is 15.5 Å². The van der Waals surface area contributed by atoms with E-state index >= 15 is 0 Å². The van der Waals surface area contributed by atoms with Gasteiger partial charge in [0, 0.05) is 6.42 Å². The number of rotatable bonds is 44. The van der Waals surface area contributed by atoms with Crippen LogP contribution in [0.25, 0.3) is 0 Å². The fraction of sp³-hybridized carbons (Fsp3) is 0.938. The fourth-order valence-corrected chi connectivity index (χ4v) is 7.59. The number of amides is 1. The van der Waals surface area contributed by atoms with Crippen molar-refractivity contribution in [3.8, 4) is 0 Å². The highest BCUT2D eigenvalue weighted by Gasteiger charge is 2.18. The number of nitrogens with one attached hydrogen (secondary N) is 1. The third kappa shape index (κ3) is 40.3. The van der Waals surface area contributed by atoms with Gasteiger partial charge in [0.15, 0.2) is 0 Å². The molecule has 4 nitrogen and oxygen atoms in total. The molecule has 0 aliphatic carbocycles. The van der Waals surface area contributed by atoms with Gasteiger partial charge in [0.1, 0.15) is 0 Å². The van der Waals surface area contributed by atoms with Crippen molar-refractivity contribution >= 4 is 5.91 Å². The maximum atomic E-state index is 12.4. The average molecular weight is 734 g/mol. The summed E-state index contributed by atoms with van der Waals surface area (Å²) >= 11 is 0. The summed E-state index contributed by atoms with van der Waals surface area (Å²) in [7, 11) is 0. The lowest BCUT2D eigenvalue weighted by atomic mass is 10.0. The van der Waals surface area contributed by atoms with Crippen LogP contribution in [0.1, 0.15) is 271 Å². The molecule has 0 rings (SSSR count). The van der Waals surface area contributed by atoms with Crippen molar-refractivity contribution < 1.29 is 15.0 Å². The normalized spacial score (nSPS) is 12.9. The van der Waals surface area contributed by atoms with Crippen LogP contribution < -0.4 is 5.32 Å². The topological polar surface area (TPSA) is 69.6 Å². The van der Waals surface area contributed by atoms with Crippen molar-refractivity contribution in [2.75, 3.05) is 6.61 Å². The second kappa shape index (κ2) is 44.5. The SMILES string of the molecule is CCCCCCCCCCCCCCCC/C=C/[C@@H](O)[C@H](CO)NC(=O)CCCCCCCCCCCCCCCCCCCCCCCCCC. The molecule has 0 spiro atoms. The van der Waals surface area contributed by atoms with Crippen LogP contribution in [-0.2, 0) is 4.79 Å². The third-order valence-electron chi connectivity index (χ3n) is 11.3. The van der Waals surface area contributed by atoms with E-state index in [4.69, 9.17) is 0 Å². The van der Waals surface area contributed by atoms with Crippen LogP contribution >= 0.6 is 0 Å². The first-order chi connectivity index (χ1) is 25.7. The minimum atomic E-state index is -0.834. The molecule has 0 aliphatic rings. The zero-order valence-corrected chi connectivity index (χ0v) is 35.6. The lowest BCUT2D eigenvalue weighted by molar-refractivity contribution is -0.123. The van der Waals surface area contributed by atoms with E-state index in [2.05, 4.69) is 19.2 Å². The van der Waals surface area contributed by atoms with E-state index in [9.17, 15) is 15.0 Å². The third-order valence-corrected chi connectivity index (χ3v) is 11.3. The van der Waals surface area contributed by atoms with Gasteiger partial charge in [-0.3, -0.25) is 4.79 Å². The summed E-state index contributed by atoms with van der Waals surface area (Å²) in [5.74, 6) is -0.0581. The predicted octanol–water partition coefficient (Wildman–Crippen LogP) is 15.0. The number of carbonyl (C=O) groups excluding carboxylic acids is 1. The molecule has 310 valence electrons. The zero-order valence-electron chi connectivity index (χ0n) is 35.6. The van der Waals surface area contributed by atoms with Crippen LogP contribution in [0.3, 0.4) is 0 Å². The Labute approximate surface area is 327 Å². The summed E-state index contributed by atoms with van der Waals surface area (Å²) in [6.07, 6.45) is 56.2. The Morgan fingerprint density at radius 2 is 0.712 bits per heavy atom. The highest BCUT2D eigenvalue weighted by molar-refractivity contribution is 5.76. The number of carbonyl (C=O) groups is 1. The lowest BCUT2D eigenvalue weighted by Crippen LogP contribution is -2.45. The van der Waals surface area contributed by atoms with Crippen molar-refractivity contribution in [2.45, 2.75) is 283 Å². The predicted molar refractivity (Wildman–Crippen MR) is 230 cm³/mol. The largest absolute Gasteiger partial charge is 0.394 e. The number of aliphatic hydroxyl groups is 2. The van der Waals surface area contributed by atoms with Crippen LogP contribution in [0.5, 0.6) is 0 Å². The van der Waals surface area contributed by atoms with Gasteiger partial charge in [-0.15, -0.1) is 0 Å². The van der Waals surface area contributed by atoms with Crippen molar-refractivity contribution in [1.29, 1.82) is 0 Å². The molecule has 2 atom stereocenters. The van der Waals surface area contributed by atoms with E-state index < -0.39 is 12.1 Å². The Hall–Kier alpha value is -0.870. The molecule has 0 unspecified atom stereocenters. The Kier molecular flexibility index (Phi) is 43.8. The number of aliphatic hydroxyl groups excluding tert-OH is 2. The number of hydrogen-bond acceptors (Lipinski definition) is 3. The molecule has 0 heterocycles. The summed E-state index contributed by atoms with van der Waals surface area (Å²) in [4.78, 5) is 12.4. The van der Waals surface area contributed by atoms with E-state index in [1.807, 2.05) is 6.08 Å². The van der Waals surface area contributed by atoms with Crippen LogP contribution in [-0.4, -0.2) is 34.9 Å². The van der Waals surface area contributed by atoms with Gasteiger partial charge in [-0.05, 0) is 19.3 Å². The molecular formula is C48H95NO3. The molecule has 0 fully saturated rings. The first-order valence-electron chi connectivity index (χ1n) is 23.9. The number of unbranched alkanes of at least 4 members (excludes halogenated alkanes) is 37. The van der Waals surface area contributed by atoms with E-state index in [0.29, 0.717) is 6.42 Å². The molecule has 0 aliphatic heterocycles. The van der Waals surface area contributed by atoms with Crippen molar-refractivity contribution in [2.24, 2.45) is 0 Å². The lowest BCUT2D eigenvalue weighted by Gasteiger charge is -2.20. The highest BCUT2D eigenvalue weighted by Crippen LogP contribution is 2.17.